The fourth-order valence-electron chi connectivity index (χ4n) is 1.43. The second-order valence-electron chi connectivity index (χ2n) is 4.67. The summed E-state index contributed by atoms with van der Waals surface area (Å²) in [5.74, 6) is 0.500. The topological polar surface area (TPSA) is 38.8 Å². The average molecular weight is 265 g/mol. The average Bonchev–Trinajstić information content (AvgIpc) is 2.39. The smallest absolute Gasteiger partial charge is 0.338 e. The summed E-state index contributed by atoms with van der Waals surface area (Å²) in [6, 6.07) is 7.08. The number of unbranched alkanes of at least 4 members (excludes halogenated alkanes) is 1. The quantitative estimate of drug-likeness (QED) is 0.535. The Hall–Kier alpha value is -1.55. The van der Waals surface area contributed by atoms with E-state index in [1.165, 1.54) is 0 Å². The molecule has 0 spiro atoms. The van der Waals surface area contributed by atoms with Gasteiger partial charge in [-0.1, -0.05) is 13.3 Å². The monoisotopic (exact) mass is 265 g/mol. The lowest BCUT2D eigenvalue weighted by Gasteiger charge is -2.10. The minimum atomic E-state index is -0.290. The highest BCUT2D eigenvalue weighted by Crippen LogP contribution is 2.13. The van der Waals surface area contributed by atoms with Gasteiger partial charge in [0.05, 0.1) is 12.2 Å². The van der Waals surface area contributed by atoms with Crippen molar-refractivity contribution in [2.24, 2.45) is 0 Å². The molecule has 0 bridgehead atoms. The molecule has 0 aliphatic heterocycles. The third-order valence-electron chi connectivity index (χ3n) is 2.63. The zero-order valence-electron chi connectivity index (χ0n) is 12.0. The molecule has 0 atom stereocenters. The van der Waals surface area contributed by atoms with Gasteiger partial charge < -0.3 is 14.4 Å². The summed E-state index contributed by atoms with van der Waals surface area (Å²) in [5.41, 5.74) is 0.557. The molecule has 0 N–H and O–H groups in total. The highest BCUT2D eigenvalue weighted by molar-refractivity contribution is 5.89. The van der Waals surface area contributed by atoms with Crippen LogP contribution in [0.25, 0.3) is 0 Å². The van der Waals surface area contributed by atoms with Gasteiger partial charge in [-0.05, 0) is 44.8 Å². The molecular formula is C15H23NO3. The lowest BCUT2D eigenvalue weighted by molar-refractivity contribution is 0.0482. The SMILES string of the molecule is CCCCOc1ccc(C(=O)OCCN(C)C)cc1. The van der Waals surface area contributed by atoms with Crippen LogP contribution in [0.15, 0.2) is 24.3 Å². The number of hydrogen-bond donors (Lipinski definition) is 0. The van der Waals surface area contributed by atoms with Crippen molar-refractivity contribution in [1.29, 1.82) is 0 Å². The van der Waals surface area contributed by atoms with Crippen LogP contribution in [0, 0.1) is 0 Å². The molecule has 0 aliphatic rings. The first kappa shape index (κ1) is 15.5. The molecule has 0 unspecified atom stereocenters. The zero-order valence-corrected chi connectivity index (χ0v) is 12.0. The maximum Gasteiger partial charge on any atom is 0.338 e. The van der Waals surface area contributed by atoms with Gasteiger partial charge in [0, 0.05) is 6.54 Å². The van der Waals surface area contributed by atoms with Crippen LogP contribution in [0.1, 0.15) is 30.1 Å². The lowest BCUT2D eigenvalue weighted by Crippen LogP contribution is -2.20. The summed E-state index contributed by atoms with van der Waals surface area (Å²) in [6.07, 6.45) is 2.14. The van der Waals surface area contributed by atoms with Gasteiger partial charge >= 0.3 is 5.97 Å². The minimum Gasteiger partial charge on any atom is -0.494 e. The summed E-state index contributed by atoms with van der Waals surface area (Å²) in [4.78, 5) is 13.7. The highest BCUT2D eigenvalue weighted by atomic mass is 16.5. The van der Waals surface area contributed by atoms with Crippen molar-refractivity contribution in [3.8, 4) is 5.75 Å². The number of ether oxygens (including phenoxy) is 2. The van der Waals surface area contributed by atoms with Crippen LogP contribution in [0.2, 0.25) is 0 Å². The Labute approximate surface area is 115 Å². The highest BCUT2D eigenvalue weighted by Gasteiger charge is 2.07. The predicted octanol–water partition coefficient (Wildman–Crippen LogP) is 2.58. The number of nitrogens with zero attached hydrogens (tertiary/aromatic N) is 1. The molecule has 0 heterocycles. The van der Waals surface area contributed by atoms with E-state index in [1.807, 2.05) is 19.0 Å². The number of esters is 1. The first-order chi connectivity index (χ1) is 9.13. The van der Waals surface area contributed by atoms with Crippen LogP contribution < -0.4 is 4.74 Å². The first-order valence-corrected chi connectivity index (χ1v) is 6.68. The third kappa shape index (κ3) is 6.25. The number of benzene rings is 1. The molecule has 19 heavy (non-hydrogen) atoms. The number of rotatable bonds is 8. The van der Waals surface area contributed by atoms with Crippen molar-refractivity contribution in [2.75, 3.05) is 33.9 Å². The number of carbonyl (C=O) groups is 1. The fraction of sp³-hybridized carbons (Fsp3) is 0.533. The molecule has 0 radical (unpaired) electrons. The van der Waals surface area contributed by atoms with Crippen molar-refractivity contribution in [2.45, 2.75) is 19.8 Å². The molecule has 1 rings (SSSR count). The van der Waals surface area contributed by atoms with Crippen LogP contribution in [0.3, 0.4) is 0 Å². The van der Waals surface area contributed by atoms with E-state index in [1.54, 1.807) is 24.3 Å². The Balaban J connectivity index is 2.39. The van der Waals surface area contributed by atoms with Gasteiger partial charge in [0.2, 0.25) is 0 Å². The van der Waals surface area contributed by atoms with E-state index in [0.29, 0.717) is 18.8 Å². The molecular weight excluding hydrogens is 242 g/mol. The molecule has 4 heteroatoms. The normalized spacial score (nSPS) is 10.5. The van der Waals surface area contributed by atoms with E-state index in [-0.39, 0.29) is 5.97 Å². The lowest BCUT2D eigenvalue weighted by atomic mass is 10.2. The molecule has 0 aliphatic carbocycles. The van der Waals surface area contributed by atoms with E-state index in [9.17, 15) is 4.79 Å². The molecule has 0 fully saturated rings. The molecule has 106 valence electrons. The van der Waals surface area contributed by atoms with Crippen molar-refractivity contribution in [3.63, 3.8) is 0 Å². The molecule has 0 saturated heterocycles. The van der Waals surface area contributed by atoms with Crippen LogP contribution in [0.4, 0.5) is 0 Å². The molecule has 0 aromatic heterocycles. The first-order valence-electron chi connectivity index (χ1n) is 6.68. The molecule has 0 amide bonds. The number of carbonyl (C=O) groups excluding carboxylic acids is 1. The maximum atomic E-state index is 11.7. The standard InChI is InChI=1S/C15H23NO3/c1-4-5-11-18-14-8-6-13(7-9-14)15(17)19-12-10-16(2)3/h6-9H,4-5,10-12H2,1-3H3. The van der Waals surface area contributed by atoms with E-state index in [0.717, 1.165) is 25.1 Å². The number of hydrogen-bond acceptors (Lipinski definition) is 4. The van der Waals surface area contributed by atoms with Gasteiger partial charge in [0.1, 0.15) is 12.4 Å². The third-order valence-corrected chi connectivity index (χ3v) is 2.63. The number of likely N-dealkylation sites (N-methyl/N-ethyl adjacent to an activating group) is 1. The Kier molecular flexibility index (Phi) is 6.97. The van der Waals surface area contributed by atoms with Gasteiger partial charge in [-0.15, -0.1) is 0 Å². The Morgan fingerprint density at radius 2 is 1.84 bits per heavy atom. The van der Waals surface area contributed by atoms with Crippen LogP contribution in [0.5, 0.6) is 5.75 Å². The van der Waals surface area contributed by atoms with Gasteiger partial charge in [-0.25, -0.2) is 4.79 Å². The Morgan fingerprint density at radius 3 is 2.42 bits per heavy atom. The van der Waals surface area contributed by atoms with Gasteiger partial charge in [-0.3, -0.25) is 0 Å². The van der Waals surface area contributed by atoms with Crippen molar-refractivity contribution < 1.29 is 14.3 Å². The fourth-order valence-corrected chi connectivity index (χ4v) is 1.43. The maximum absolute atomic E-state index is 11.7. The second-order valence-corrected chi connectivity index (χ2v) is 4.67. The van der Waals surface area contributed by atoms with Crippen molar-refractivity contribution >= 4 is 5.97 Å². The largest absolute Gasteiger partial charge is 0.494 e. The van der Waals surface area contributed by atoms with Crippen LogP contribution in [-0.4, -0.2) is 44.7 Å². The zero-order chi connectivity index (χ0) is 14.1. The summed E-state index contributed by atoms with van der Waals surface area (Å²) in [7, 11) is 3.88. The molecule has 1 aromatic rings. The molecule has 1 aromatic carbocycles. The van der Waals surface area contributed by atoms with E-state index in [2.05, 4.69) is 6.92 Å². The molecule has 0 saturated carbocycles. The van der Waals surface area contributed by atoms with Crippen LogP contribution in [-0.2, 0) is 4.74 Å². The van der Waals surface area contributed by atoms with Gasteiger partial charge in [-0.2, -0.15) is 0 Å². The summed E-state index contributed by atoms with van der Waals surface area (Å²) in [5, 5.41) is 0. The minimum absolute atomic E-state index is 0.290. The van der Waals surface area contributed by atoms with E-state index in [4.69, 9.17) is 9.47 Å². The Bertz CT molecular complexity index is 373. The Morgan fingerprint density at radius 1 is 1.16 bits per heavy atom. The summed E-state index contributed by atoms with van der Waals surface area (Å²) < 4.78 is 10.7. The second kappa shape index (κ2) is 8.53. The van der Waals surface area contributed by atoms with Crippen molar-refractivity contribution in [1.82, 2.24) is 4.90 Å². The van der Waals surface area contributed by atoms with Gasteiger partial charge in [0.25, 0.3) is 0 Å². The predicted molar refractivity (Wildman–Crippen MR) is 75.7 cm³/mol. The van der Waals surface area contributed by atoms with Crippen LogP contribution >= 0.6 is 0 Å². The van der Waals surface area contributed by atoms with Gasteiger partial charge in [0.15, 0.2) is 0 Å². The summed E-state index contributed by atoms with van der Waals surface area (Å²) >= 11 is 0. The van der Waals surface area contributed by atoms with E-state index >= 15 is 0 Å². The molecule has 4 nitrogen and oxygen atoms in total. The van der Waals surface area contributed by atoms with E-state index < -0.39 is 0 Å². The summed E-state index contributed by atoms with van der Waals surface area (Å²) in [6.45, 7) is 3.96. The van der Waals surface area contributed by atoms with Crippen molar-refractivity contribution in [3.05, 3.63) is 29.8 Å².